The number of aryl methyl sites for hydroxylation is 2. The van der Waals surface area contributed by atoms with Crippen LogP contribution in [0.25, 0.3) is 10.8 Å². The Hall–Kier alpha value is -2.65. The Morgan fingerprint density at radius 3 is 2.36 bits per heavy atom. The lowest BCUT2D eigenvalue weighted by Crippen LogP contribution is -2.86. The van der Waals surface area contributed by atoms with Crippen LogP contribution in [0.3, 0.4) is 0 Å². The summed E-state index contributed by atoms with van der Waals surface area (Å²) in [5.74, 6) is 0.0319. The average molecular weight is 333 g/mol. The van der Waals surface area contributed by atoms with Gasteiger partial charge in [0.1, 0.15) is 6.04 Å². The molecule has 0 radical (unpaired) electrons. The van der Waals surface area contributed by atoms with Crippen LogP contribution in [0.5, 0.6) is 0 Å². The summed E-state index contributed by atoms with van der Waals surface area (Å²) in [5, 5.41) is 7.63. The summed E-state index contributed by atoms with van der Waals surface area (Å²) in [6.45, 7) is 6.59. The van der Waals surface area contributed by atoms with Gasteiger partial charge in [-0.3, -0.25) is 4.79 Å². The normalized spacial score (nSPS) is 12.1. The van der Waals surface area contributed by atoms with Crippen LogP contribution in [-0.2, 0) is 4.79 Å². The van der Waals surface area contributed by atoms with Crippen molar-refractivity contribution in [3.05, 3.63) is 77.4 Å². The molecular weight excluding hydrogens is 308 g/mol. The monoisotopic (exact) mass is 333 g/mol. The highest BCUT2D eigenvalue weighted by Crippen LogP contribution is 2.22. The molecule has 0 aromatic heterocycles. The zero-order chi connectivity index (χ0) is 17.8. The van der Waals surface area contributed by atoms with Gasteiger partial charge in [-0.05, 0) is 42.7 Å². The van der Waals surface area contributed by atoms with E-state index in [9.17, 15) is 4.79 Å². The molecule has 25 heavy (non-hydrogen) atoms. The predicted molar refractivity (Wildman–Crippen MR) is 104 cm³/mol. The highest BCUT2D eigenvalue weighted by atomic mass is 16.1. The van der Waals surface area contributed by atoms with Crippen LogP contribution < -0.4 is 10.6 Å². The van der Waals surface area contributed by atoms with Gasteiger partial charge in [-0.2, -0.15) is 0 Å². The second-order valence-corrected chi connectivity index (χ2v) is 6.61. The molecule has 0 aliphatic carbocycles. The van der Waals surface area contributed by atoms with Crippen molar-refractivity contribution in [3.63, 3.8) is 0 Å². The number of carbonyl (C=O) groups excluding carboxylic acids is 1. The Kier molecular flexibility index (Phi) is 5.15. The maximum atomic E-state index is 12.4. The Morgan fingerprint density at radius 1 is 0.960 bits per heavy atom. The number of para-hydroxylation sites is 1. The van der Waals surface area contributed by atoms with E-state index in [1.165, 1.54) is 16.3 Å². The predicted octanol–water partition coefficient (Wildman–Crippen LogP) is 3.72. The third-order valence-corrected chi connectivity index (χ3v) is 4.72. The molecule has 3 N–H and O–H groups in total. The van der Waals surface area contributed by atoms with E-state index in [0.29, 0.717) is 6.54 Å². The summed E-state index contributed by atoms with van der Waals surface area (Å²) >= 11 is 0. The molecule has 1 atom stereocenters. The third kappa shape index (κ3) is 3.89. The van der Waals surface area contributed by atoms with Gasteiger partial charge in [0.15, 0.2) is 6.54 Å². The van der Waals surface area contributed by atoms with Crippen molar-refractivity contribution in [3.8, 4) is 0 Å². The van der Waals surface area contributed by atoms with Crippen LogP contribution in [0.1, 0.15) is 29.7 Å². The number of anilines is 1. The van der Waals surface area contributed by atoms with Crippen molar-refractivity contribution in [2.24, 2.45) is 0 Å². The molecule has 3 aromatic rings. The largest absolute Gasteiger partial charge is 0.332 e. The molecule has 3 rings (SSSR count). The van der Waals surface area contributed by atoms with Crippen LogP contribution in [-0.4, -0.2) is 12.5 Å². The minimum atomic E-state index is 0.0319. The molecule has 0 aliphatic rings. The van der Waals surface area contributed by atoms with Gasteiger partial charge in [0.05, 0.1) is 0 Å². The smallest absolute Gasteiger partial charge is 0.279 e. The molecule has 128 valence electrons. The van der Waals surface area contributed by atoms with Crippen molar-refractivity contribution in [2.45, 2.75) is 26.8 Å². The van der Waals surface area contributed by atoms with Gasteiger partial charge < -0.3 is 10.6 Å². The third-order valence-electron chi connectivity index (χ3n) is 4.72. The summed E-state index contributed by atoms with van der Waals surface area (Å²) in [6, 6.07) is 21.0. The highest BCUT2D eigenvalue weighted by Gasteiger charge is 2.15. The number of fused-ring (bicyclic) bond motifs is 1. The number of benzene rings is 3. The quantitative estimate of drug-likeness (QED) is 0.734. The van der Waals surface area contributed by atoms with Gasteiger partial charge in [0, 0.05) is 11.3 Å². The molecule has 0 saturated carbocycles. The first-order chi connectivity index (χ1) is 12.1. The van der Waals surface area contributed by atoms with E-state index in [1.54, 1.807) is 0 Å². The summed E-state index contributed by atoms with van der Waals surface area (Å²) < 4.78 is 0. The first-order valence-electron chi connectivity index (χ1n) is 8.73. The van der Waals surface area contributed by atoms with Gasteiger partial charge in [0.2, 0.25) is 0 Å². The number of nitrogens with two attached hydrogens (primary N) is 1. The molecule has 0 fully saturated rings. The van der Waals surface area contributed by atoms with E-state index >= 15 is 0 Å². The van der Waals surface area contributed by atoms with Gasteiger partial charge in [-0.1, -0.05) is 60.7 Å². The van der Waals surface area contributed by atoms with Crippen molar-refractivity contribution < 1.29 is 10.1 Å². The van der Waals surface area contributed by atoms with Crippen LogP contribution >= 0.6 is 0 Å². The number of amides is 1. The Morgan fingerprint density at radius 2 is 1.60 bits per heavy atom. The summed E-state index contributed by atoms with van der Waals surface area (Å²) in [7, 11) is 0. The van der Waals surface area contributed by atoms with Gasteiger partial charge >= 0.3 is 0 Å². The Balaban J connectivity index is 1.67. The molecule has 0 spiro atoms. The zero-order valence-electron chi connectivity index (χ0n) is 15.0. The van der Waals surface area contributed by atoms with Crippen molar-refractivity contribution in [1.82, 2.24) is 0 Å². The molecule has 3 nitrogen and oxygen atoms in total. The number of rotatable bonds is 5. The molecule has 0 aliphatic heterocycles. The lowest BCUT2D eigenvalue weighted by molar-refractivity contribution is -0.682. The number of quaternary nitrogens is 1. The maximum absolute atomic E-state index is 12.4. The molecular formula is C22H25N2O+. The fraction of sp³-hybridized carbons (Fsp3) is 0.227. The van der Waals surface area contributed by atoms with Crippen molar-refractivity contribution in [2.75, 3.05) is 11.9 Å². The minimum absolute atomic E-state index is 0.0319. The van der Waals surface area contributed by atoms with E-state index in [0.717, 1.165) is 16.8 Å². The first kappa shape index (κ1) is 17.2. The van der Waals surface area contributed by atoms with Crippen LogP contribution in [0.15, 0.2) is 60.7 Å². The molecule has 0 heterocycles. The standard InChI is InChI=1S/C22H24N2O/c1-15-8-6-9-16(2)22(15)24-21(25)14-23-17(3)19-13-7-11-18-10-4-5-12-20(18)19/h4-13,17,23H,14H2,1-3H3,(H,24,25)/p+1/t17-/m1/s1. The number of nitrogens with one attached hydrogen (secondary N) is 1. The van der Waals surface area contributed by atoms with E-state index in [-0.39, 0.29) is 11.9 Å². The minimum Gasteiger partial charge on any atom is -0.332 e. The zero-order valence-corrected chi connectivity index (χ0v) is 15.0. The second kappa shape index (κ2) is 7.49. The number of hydrogen-bond acceptors (Lipinski definition) is 1. The van der Waals surface area contributed by atoms with E-state index in [2.05, 4.69) is 60.0 Å². The average Bonchev–Trinajstić information content (AvgIpc) is 2.62. The molecule has 3 heteroatoms. The SMILES string of the molecule is Cc1cccc(C)c1NC(=O)C[NH2+][C@H](C)c1cccc2ccccc12. The van der Waals surface area contributed by atoms with Crippen molar-refractivity contribution >= 4 is 22.4 Å². The molecule has 0 bridgehead atoms. The van der Waals surface area contributed by atoms with Gasteiger partial charge in [-0.15, -0.1) is 0 Å². The lowest BCUT2D eigenvalue weighted by atomic mass is 10.00. The molecule has 3 aromatic carbocycles. The molecule has 0 unspecified atom stereocenters. The maximum Gasteiger partial charge on any atom is 0.279 e. The fourth-order valence-electron chi connectivity index (χ4n) is 3.26. The summed E-state index contributed by atoms with van der Waals surface area (Å²) in [5.41, 5.74) is 4.38. The van der Waals surface area contributed by atoms with Crippen LogP contribution in [0, 0.1) is 13.8 Å². The van der Waals surface area contributed by atoms with Gasteiger partial charge in [0.25, 0.3) is 5.91 Å². The van der Waals surface area contributed by atoms with Gasteiger partial charge in [-0.25, -0.2) is 0 Å². The summed E-state index contributed by atoms with van der Waals surface area (Å²) in [4.78, 5) is 12.4. The Bertz CT molecular complexity index is 876. The fourth-order valence-corrected chi connectivity index (χ4v) is 3.26. The number of hydrogen-bond donors (Lipinski definition) is 2. The lowest BCUT2D eigenvalue weighted by Gasteiger charge is -2.15. The topological polar surface area (TPSA) is 45.7 Å². The van der Waals surface area contributed by atoms with Crippen LogP contribution in [0.4, 0.5) is 5.69 Å². The van der Waals surface area contributed by atoms with E-state index < -0.39 is 0 Å². The van der Waals surface area contributed by atoms with E-state index in [1.807, 2.05) is 32.0 Å². The second-order valence-electron chi connectivity index (χ2n) is 6.61. The summed E-state index contributed by atoms with van der Waals surface area (Å²) in [6.07, 6.45) is 0. The first-order valence-corrected chi connectivity index (χ1v) is 8.73. The van der Waals surface area contributed by atoms with E-state index in [4.69, 9.17) is 0 Å². The molecule has 1 amide bonds. The highest BCUT2D eigenvalue weighted by molar-refractivity contribution is 5.93. The number of carbonyl (C=O) groups is 1. The van der Waals surface area contributed by atoms with Crippen LogP contribution in [0.2, 0.25) is 0 Å². The van der Waals surface area contributed by atoms with Crippen molar-refractivity contribution in [1.29, 1.82) is 0 Å². The molecule has 0 saturated heterocycles. The Labute approximate surface area is 149 Å².